The second-order valence-electron chi connectivity index (χ2n) is 5.76. The topological polar surface area (TPSA) is 41.1 Å². The zero-order chi connectivity index (χ0) is 12.1. The van der Waals surface area contributed by atoms with Crippen molar-refractivity contribution in [3.63, 3.8) is 0 Å². The number of amides is 1. The minimum atomic E-state index is 0.175. The summed E-state index contributed by atoms with van der Waals surface area (Å²) in [5, 5.41) is 6.42. The second-order valence-corrected chi connectivity index (χ2v) is 5.76. The van der Waals surface area contributed by atoms with Crippen LogP contribution in [0, 0.1) is 5.92 Å². The number of nitrogens with one attached hydrogen (secondary N) is 2. The average Bonchev–Trinajstić information content (AvgIpc) is 3.13. The molecule has 0 saturated heterocycles. The maximum absolute atomic E-state index is 11.7. The molecule has 3 nitrogen and oxygen atoms in total. The standard InChI is InChI=1S/C14H26N2O/c1-11(12-6-4-2-3-5-7-12)16-14(17)10-15-13-8-9-13/h11-13,15H,2-10H2,1H3,(H,16,17)/t11-/m0/s1. The predicted molar refractivity (Wildman–Crippen MR) is 69.8 cm³/mol. The Labute approximate surface area is 105 Å². The van der Waals surface area contributed by atoms with Gasteiger partial charge in [-0.2, -0.15) is 0 Å². The molecule has 0 aromatic rings. The lowest BCUT2D eigenvalue weighted by Gasteiger charge is -2.23. The molecular weight excluding hydrogens is 212 g/mol. The first kappa shape index (κ1) is 12.9. The van der Waals surface area contributed by atoms with Crippen LogP contribution >= 0.6 is 0 Å². The lowest BCUT2D eigenvalue weighted by Crippen LogP contribution is -2.42. The van der Waals surface area contributed by atoms with Gasteiger partial charge in [0, 0.05) is 12.1 Å². The summed E-state index contributed by atoms with van der Waals surface area (Å²) in [7, 11) is 0. The van der Waals surface area contributed by atoms with E-state index >= 15 is 0 Å². The Balaban J connectivity index is 1.66. The fraction of sp³-hybridized carbons (Fsp3) is 0.929. The van der Waals surface area contributed by atoms with Crippen LogP contribution in [-0.4, -0.2) is 24.5 Å². The van der Waals surface area contributed by atoms with Gasteiger partial charge in [-0.25, -0.2) is 0 Å². The lowest BCUT2D eigenvalue weighted by atomic mass is 9.93. The molecule has 2 aliphatic carbocycles. The molecule has 0 aromatic carbocycles. The lowest BCUT2D eigenvalue weighted by molar-refractivity contribution is -0.121. The predicted octanol–water partition coefficient (Wildman–Crippen LogP) is 2.21. The molecule has 2 rings (SSSR count). The molecule has 2 fully saturated rings. The fourth-order valence-corrected chi connectivity index (χ4v) is 2.76. The molecule has 0 unspecified atom stereocenters. The van der Waals surface area contributed by atoms with Crippen molar-refractivity contribution in [1.29, 1.82) is 0 Å². The van der Waals surface area contributed by atoms with Crippen molar-refractivity contribution < 1.29 is 4.79 Å². The average molecular weight is 238 g/mol. The van der Waals surface area contributed by atoms with Crippen molar-refractivity contribution in [3.8, 4) is 0 Å². The van der Waals surface area contributed by atoms with Gasteiger partial charge < -0.3 is 10.6 Å². The Morgan fingerprint density at radius 3 is 2.35 bits per heavy atom. The molecule has 2 aliphatic rings. The Bertz CT molecular complexity index is 243. The Kier molecular flexibility index (Phi) is 4.84. The number of rotatable bonds is 5. The van der Waals surface area contributed by atoms with E-state index in [2.05, 4.69) is 17.6 Å². The number of carbonyl (C=O) groups is 1. The molecule has 3 heteroatoms. The van der Waals surface area contributed by atoms with E-state index in [1.807, 2.05) is 0 Å². The van der Waals surface area contributed by atoms with E-state index in [0.29, 0.717) is 24.5 Å². The van der Waals surface area contributed by atoms with Gasteiger partial charge in [0.15, 0.2) is 0 Å². The normalized spacial score (nSPS) is 24.1. The zero-order valence-corrected chi connectivity index (χ0v) is 11.0. The number of hydrogen-bond acceptors (Lipinski definition) is 2. The van der Waals surface area contributed by atoms with Crippen molar-refractivity contribution in [2.45, 2.75) is 70.4 Å². The van der Waals surface area contributed by atoms with Gasteiger partial charge in [-0.3, -0.25) is 4.79 Å². The quantitative estimate of drug-likeness (QED) is 0.721. The maximum atomic E-state index is 11.7. The van der Waals surface area contributed by atoms with E-state index < -0.39 is 0 Å². The van der Waals surface area contributed by atoms with Crippen LogP contribution in [0.25, 0.3) is 0 Å². The molecule has 0 bridgehead atoms. The van der Waals surface area contributed by atoms with E-state index in [1.54, 1.807) is 0 Å². The van der Waals surface area contributed by atoms with Gasteiger partial charge in [0.2, 0.25) is 5.91 Å². The van der Waals surface area contributed by atoms with Gasteiger partial charge >= 0.3 is 0 Å². The molecule has 1 amide bonds. The molecule has 2 saturated carbocycles. The number of hydrogen-bond donors (Lipinski definition) is 2. The molecule has 98 valence electrons. The van der Waals surface area contributed by atoms with Crippen LogP contribution in [0.2, 0.25) is 0 Å². The van der Waals surface area contributed by atoms with Crippen LogP contribution in [0.3, 0.4) is 0 Å². The van der Waals surface area contributed by atoms with E-state index in [1.165, 1.54) is 51.4 Å². The van der Waals surface area contributed by atoms with Crippen molar-refractivity contribution in [2.75, 3.05) is 6.54 Å². The zero-order valence-electron chi connectivity index (χ0n) is 11.0. The highest BCUT2D eigenvalue weighted by atomic mass is 16.1. The summed E-state index contributed by atoms with van der Waals surface area (Å²) in [6.07, 6.45) is 10.5. The van der Waals surface area contributed by atoms with Crippen molar-refractivity contribution in [1.82, 2.24) is 10.6 Å². The third-order valence-electron chi connectivity index (χ3n) is 4.12. The van der Waals surface area contributed by atoms with Gasteiger partial charge in [0.05, 0.1) is 6.54 Å². The molecule has 17 heavy (non-hydrogen) atoms. The van der Waals surface area contributed by atoms with Crippen LogP contribution in [0.5, 0.6) is 0 Å². The third kappa shape index (κ3) is 4.66. The SMILES string of the molecule is C[C@H](NC(=O)CNC1CC1)C1CCCCCC1. The van der Waals surface area contributed by atoms with Crippen LogP contribution in [0.1, 0.15) is 58.3 Å². The molecule has 0 radical (unpaired) electrons. The van der Waals surface area contributed by atoms with Crippen molar-refractivity contribution in [3.05, 3.63) is 0 Å². The fourth-order valence-electron chi connectivity index (χ4n) is 2.76. The molecular formula is C14H26N2O. The molecule has 1 atom stereocenters. The first-order valence-corrected chi connectivity index (χ1v) is 7.28. The van der Waals surface area contributed by atoms with E-state index in [-0.39, 0.29) is 5.91 Å². The van der Waals surface area contributed by atoms with Gasteiger partial charge in [-0.15, -0.1) is 0 Å². The summed E-state index contributed by atoms with van der Waals surface area (Å²) < 4.78 is 0. The van der Waals surface area contributed by atoms with Gasteiger partial charge in [0.25, 0.3) is 0 Å². The molecule has 2 N–H and O–H groups in total. The number of carbonyl (C=O) groups excluding carboxylic acids is 1. The molecule has 0 aromatic heterocycles. The van der Waals surface area contributed by atoms with Crippen LogP contribution in [0.15, 0.2) is 0 Å². The van der Waals surface area contributed by atoms with Gasteiger partial charge in [-0.1, -0.05) is 25.7 Å². The molecule has 0 heterocycles. The molecule has 0 aliphatic heterocycles. The minimum Gasteiger partial charge on any atom is -0.352 e. The largest absolute Gasteiger partial charge is 0.352 e. The van der Waals surface area contributed by atoms with Crippen molar-refractivity contribution >= 4 is 5.91 Å². The summed E-state index contributed by atoms with van der Waals surface area (Å²) in [5.41, 5.74) is 0. The van der Waals surface area contributed by atoms with Gasteiger partial charge in [0.1, 0.15) is 0 Å². The van der Waals surface area contributed by atoms with Crippen LogP contribution < -0.4 is 10.6 Å². The minimum absolute atomic E-state index is 0.175. The summed E-state index contributed by atoms with van der Waals surface area (Å²) in [6.45, 7) is 2.67. The van der Waals surface area contributed by atoms with Crippen LogP contribution in [0.4, 0.5) is 0 Å². The highest BCUT2D eigenvalue weighted by Crippen LogP contribution is 2.25. The first-order valence-electron chi connectivity index (χ1n) is 7.28. The summed E-state index contributed by atoms with van der Waals surface area (Å²) in [5.74, 6) is 0.871. The maximum Gasteiger partial charge on any atom is 0.234 e. The van der Waals surface area contributed by atoms with Gasteiger partial charge in [-0.05, 0) is 38.5 Å². The van der Waals surface area contributed by atoms with E-state index in [4.69, 9.17) is 0 Å². The first-order chi connectivity index (χ1) is 8.25. The second kappa shape index (κ2) is 6.39. The monoisotopic (exact) mass is 238 g/mol. The van der Waals surface area contributed by atoms with Crippen molar-refractivity contribution in [2.24, 2.45) is 5.92 Å². The summed E-state index contributed by atoms with van der Waals surface area (Å²) in [6, 6.07) is 0.968. The Hall–Kier alpha value is -0.570. The third-order valence-corrected chi connectivity index (χ3v) is 4.12. The summed E-state index contributed by atoms with van der Waals surface area (Å²) in [4.78, 5) is 11.7. The Morgan fingerprint density at radius 1 is 1.12 bits per heavy atom. The highest BCUT2D eigenvalue weighted by molar-refractivity contribution is 5.78. The molecule has 0 spiro atoms. The van der Waals surface area contributed by atoms with E-state index in [9.17, 15) is 4.79 Å². The smallest absolute Gasteiger partial charge is 0.234 e. The summed E-state index contributed by atoms with van der Waals surface area (Å²) >= 11 is 0. The highest BCUT2D eigenvalue weighted by Gasteiger charge is 2.23. The Morgan fingerprint density at radius 2 is 1.76 bits per heavy atom. The van der Waals surface area contributed by atoms with Crippen LogP contribution in [-0.2, 0) is 4.79 Å². The van der Waals surface area contributed by atoms with E-state index in [0.717, 1.165) is 0 Å².